The van der Waals surface area contributed by atoms with Crippen molar-refractivity contribution in [2.75, 3.05) is 0 Å². The normalized spacial score (nSPS) is 16.1. The van der Waals surface area contributed by atoms with E-state index < -0.39 is 0 Å². The van der Waals surface area contributed by atoms with Gasteiger partial charge in [-0.05, 0) is 38.8 Å². The van der Waals surface area contributed by atoms with E-state index in [0.29, 0.717) is 6.04 Å². The van der Waals surface area contributed by atoms with Crippen LogP contribution in [0.5, 0.6) is 0 Å². The molecule has 4 heteroatoms. The molecule has 23 heavy (non-hydrogen) atoms. The average Bonchev–Trinajstić information content (AvgIpc) is 2.98. The van der Waals surface area contributed by atoms with Crippen LogP contribution in [0.2, 0.25) is 0 Å². The van der Waals surface area contributed by atoms with Crippen LogP contribution in [0.15, 0.2) is 30.3 Å². The van der Waals surface area contributed by atoms with Gasteiger partial charge < -0.3 is 0 Å². The second-order valence-corrected chi connectivity index (χ2v) is 6.37. The minimum atomic E-state index is 0.0204. The van der Waals surface area contributed by atoms with Crippen molar-refractivity contribution >= 4 is 11.9 Å². The van der Waals surface area contributed by atoms with Crippen LogP contribution in [0.3, 0.4) is 0 Å². The Balaban J connectivity index is 2.05. The van der Waals surface area contributed by atoms with Crippen LogP contribution in [0.4, 0.5) is 0 Å². The lowest BCUT2D eigenvalue weighted by Crippen LogP contribution is -2.15. The first-order chi connectivity index (χ1) is 11.1. The van der Waals surface area contributed by atoms with Crippen LogP contribution in [-0.4, -0.2) is 20.8 Å². The highest BCUT2D eigenvalue weighted by atomic mass is 16.1. The number of benzene rings is 1. The number of aromatic nitrogens is 3. The van der Waals surface area contributed by atoms with Gasteiger partial charge in [-0.1, -0.05) is 54.3 Å². The van der Waals surface area contributed by atoms with Gasteiger partial charge in [0.15, 0.2) is 5.78 Å². The second kappa shape index (κ2) is 6.90. The minimum absolute atomic E-state index is 0.0204. The fourth-order valence-electron chi connectivity index (χ4n) is 3.19. The van der Waals surface area contributed by atoms with Gasteiger partial charge in [0.25, 0.3) is 0 Å². The van der Waals surface area contributed by atoms with E-state index in [4.69, 9.17) is 0 Å². The average molecular weight is 309 g/mol. The SMILES string of the molecule is CC(=O)/C=C/c1nnn(C2CCCCC2)c1-c1ccc(C)cc1. The second-order valence-electron chi connectivity index (χ2n) is 6.37. The predicted octanol–water partition coefficient (Wildman–Crippen LogP) is 4.36. The monoisotopic (exact) mass is 309 g/mol. The number of hydrogen-bond acceptors (Lipinski definition) is 3. The van der Waals surface area contributed by atoms with Crippen molar-refractivity contribution in [1.82, 2.24) is 15.0 Å². The van der Waals surface area contributed by atoms with Crippen molar-refractivity contribution in [2.45, 2.75) is 52.0 Å². The summed E-state index contributed by atoms with van der Waals surface area (Å²) in [6, 6.07) is 8.83. The Kier molecular flexibility index (Phi) is 4.70. The molecule has 0 radical (unpaired) electrons. The van der Waals surface area contributed by atoms with Crippen LogP contribution in [0.25, 0.3) is 17.3 Å². The molecule has 1 aliphatic rings. The Morgan fingerprint density at radius 3 is 2.52 bits per heavy atom. The Morgan fingerprint density at radius 2 is 1.87 bits per heavy atom. The van der Waals surface area contributed by atoms with Gasteiger partial charge in [0.1, 0.15) is 5.69 Å². The highest BCUT2D eigenvalue weighted by Crippen LogP contribution is 2.33. The predicted molar refractivity (Wildman–Crippen MR) is 92.0 cm³/mol. The largest absolute Gasteiger partial charge is 0.295 e. The van der Waals surface area contributed by atoms with Crippen molar-refractivity contribution in [1.29, 1.82) is 0 Å². The number of aryl methyl sites for hydroxylation is 1. The van der Waals surface area contributed by atoms with Crippen molar-refractivity contribution < 1.29 is 4.79 Å². The maximum absolute atomic E-state index is 11.3. The summed E-state index contributed by atoms with van der Waals surface area (Å²) in [5.41, 5.74) is 4.13. The molecule has 0 unspecified atom stereocenters. The van der Waals surface area contributed by atoms with Crippen LogP contribution < -0.4 is 0 Å². The van der Waals surface area contributed by atoms with E-state index in [1.165, 1.54) is 24.8 Å². The van der Waals surface area contributed by atoms with Crippen LogP contribution in [0.1, 0.15) is 56.3 Å². The molecule has 0 amide bonds. The number of hydrogen-bond donors (Lipinski definition) is 0. The third-order valence-electron chi connectivity index (χ3n) is 4.44. The molecule has 1 aliphatic carbocycles. The molecule has 1 aromatic carbocycles. The summed E-state index contributed by atoms with van der Waals surface area (Å²) in [6.07, 6.45) is 9.45. The summed E-state index contributed by atoms with van der Waals surface area (Å²) in [6.45, 7) is 3.63. The molecule has 3 rings (SSSR count). The molecule has 0 spiro atoms. The first-order valence-electron chi connectivity index (χ1n) is 8.36. The quantitative estimate of drug-likeness (QED) is 0.788. The van der Waals surface area contributed by atoms with Crippen LogP contribution in [-0.2, 0) is 4.79 Å². The number of carbonyl (C=O) groups excluding carboxylic acids is 1. The zero-order valence-corrected chi connectivity index (χ0v) is 13.8. The first-order valence-corrected chi connectivity index (χ1v) is 8.36. The molecule has 0 saturated heterocycles. The Bertz CT molecular complexity index is 707. The number of allylic oxidation sites excluding steroid dienone is 1. The maximum atomic E-state index is 11.3. The summed E-state index contributed by atoms with van der Waals surface area (Å²) in [5.74, 6) is 0.0204. The Morgan fingerprint density at radius 1 is 1.17 bits per heavy atom. The smallest absolute Gasteiger partial charge is 0.152 e. The number of nitrogens with zero attached hydrogens (tertiary/aromatic N) is 3. The molecule has 1 heterocycles. The summed E-state index contributed by atoms with van der Waals surface area (Å²) in [5, 5.41) is 8.76. The molecular formula is C19H23N3O. The highest BCUT2D eigenvalue weighted by molar-refractivity contribution is 5.92. The van der Waals surface area contributed by atoms with E-state index in [1.54, 1.807) is 19.1 Å². The molecule has 0 aliphatic heterocycles. The standard InChI is InChI=1S/C19H23N3O/c1-14-8-11-16(12-9-14)19-18(13-10-15(2)23)20-21-22(19)17-6-4-3-5-7-17/h8-13,17H,3-7H2,1-2H3/b13-10+. The van der Waals surface area contributed by atoms with E-state index in [-0.39, 0.29) is 5.78 Å². The highest BCUT2D eigenvalue weighted by Gasteiger charge is 2.22. The fourth-order valence-corrected chi connectivity index (χ4v) is 3.19. The van der Waals surface area contributed by atoms with Gasteiger partial charge in [-0.3, -0.25) is 4.79 Å². The van der Waals surface area contributed by atoms with Crippen molar-refractivity contribution in [2.24, 2.45) is 0 Å². The van der Waals surface area contributed by atoms with E-state index in [0.717, 1.165) is 29.8 Å². The molecule has 1 fully saturated rings. The summed E-state index contributed by atoms with van der Waals surface area (Å²) >= 11 is 0. The first kappa shape index (κ1) is 15.7. The molecular weight excluding hydrogens is 286 g/mol. The van der Waals surface area contributed by atoms with Gasteiger partial charge in [-0.25, -0.2) is 4.68 Å². The zero-order chi connectivity index (χ0) is 16.2. The van der Waals surface area contributed by atoms with Crippen molar-refractivity contribution in [3.05, 3.63) is 41.6 Å². The lowest BCUT2D eigenvalue weighted by atomic mass is 9.95. The van der Waals surface area contributed by atoms with Gasteiger partial charge in [-0.15, -0.1) is 5.10 Å². The van der Waals surface area contributed by atoms with Crippen LogP contribution >= 0.6 is 0 Å². The molecule has 0 bridgehead atoms. The van der Waals surface area contributed by atoms with E-state index in [9.17, 15) is 4.79 Å². The Labute approximate surface area is 137 Å². The van der Waals surface area contributed by atoms with Gasteiger partial charge in [-0.2, -0.15) is 0 Å². The third-order valence-corrected chi connectivity index (χ3v) is 4.44. The van der Waals surface area contributed by atoms with Crippen LogP contribution in [0, 0.1) is 6.92 Å². The molecule has 1 aromatic heterocycles. The number of ketones is 1. The van der Waals surface area contributed by atoms with Gasteiger partial charge in [0.2, 0.25) is 0 Å². The maximum Gasteiger partial charge on any atom is 0.152 e. The van der Waals surface area contributed by atoms with Gasteiger partial charge >= 0.3 is 0 Å². The van der Waals surface area contributed by atoms with E-state index in [1.807, 2.05) is 0 Å². The topological polar surface area (TPSA) is 47.8 Å². The zero-order valence-electron chi connectivity index (χ0n) is 13.8. The molecule has 0 N–H and O–H groups in total. The number of carbonyl (C=O) groups is 1. The number of rotatable bonds is 4. The third kappa shape index (κ3) is 3.58. The Hall–Kier alpha value is -2.23. The van der Waals surface area contributed by atoms with E-state index in [2.05, 4.69) is 46.2 Å². The van der Waals surface area contributed by atoms with E-state index >= 15 is 0 Å². The summed E-state index contributed by atoms with van der Waals surface area (Å²) < 4.78 is 2.07. The minimum Gasteiger partial charge on any atom is -0.295 e. The lowest BCUT2D eigenvalue weighted by molar-refractivity contribution is -0.112. The van der Waals surface area contributed by atoms with Gasteiger partial charge in [0.05, 0.1) is 11.7 Å². The van der Waals surface area contributed by atoms with Crippen molar-refractivity contribution in [3.8, 4) is 11.3 Å². The molecule has 4 nitrogen and oxygen atoms in total. The van der Waals surface area contributed by atoms with Gasteiger partial charge in [0, 0.05) is 5.56 Å². The summed E-state index contributed by atoms with van der Waals surface area (Å²) in [7, 11) is 0. The molecule has 1 saturated carbocycles. The molecule has 120 valence electrons. The molecule has 2 aromatic rings. The lowest BCUT2D eigenvalue weighted by Gasteiger charge is -2.23. The van der Waals surface area contributed by atoms with Crippen molar-refractivity contribution in [3.63, 3.8) is 0 Å². The summed E-state index contributed by atoms with van der Waals surface area (Å²) in [4.78, 5) is 11.3. The fraction of sp³-hybridized carbons (Fsp3) is 0.421. The molecule has 0 atom stereocenters.